The number of piperidine rings is 1. The van der Waals surface area contributed by atoms with Gasteiger partial charge in [0.25, 0.3) is 5.89 Å². The molecule has 1 atom stereocenters. The Labute approximate surface area is 176 Å². The van der Waals surface area contributed by atoms with Crippen molar-refractivity contribution in [2.24, 2.45) is 5.92 Å². The van der Waals surface area contributed by atoms with Crippen LogP contribution in [-0.4, -0.2) is 41.9 Å². The molecular weight excluding hydrogens is 436 g/mol. The number of anilines is 1. The van der Waals surface area contributed by atoms with Gasteiger partial charge in [0.15, 0.2) is 0 Å². The first-order valence-corrected chi connectivity index (χ1v) is 11.6. The molecule has 29 heavy (non-hydrogen) atoms. The van der Waals surface area contributed by atoms with Crippen molar-refractivity contribution < 1.29 is 17.6 Å². The van der Waals surface area contributed by atoms with Crippen LogP contribution in [0.25, 0.3) is 10.8 Å². The number of carbonyl (C=O) groups is 1. The van der Waals surface area contributed by atoms with Crippen LogP contribution >= 0.6 is 22.9 Å². The van der Waals surface area contributed by atoms with E-state index in [-0.39, 0.29) is 23.4 Å². The number of benzene rings is 1. The minimum absolute atomic E-state index is 0.00363. The van der Waals surface area contributed by atoms with E-state index in [9.17, 15) is 13.2 Å². The van der Waals surface area contributed by atoms with Gasteiger partial charge in [-0.2, -0.15) is 4.31 Å². The number of halogens is 1. The maximum atomic E-state index is 12.9. The Kier molecular flexibility index (Phi) is 5.68. The van der Waals surface area contributed by atoms with E-state index < -0.39 is 15.9 Å². The molecule has 1 N–H and O–H groups in total. The van der Waals surface area contributed by atoms with Crippen molar-refractivity contribution in [2.75, 3.05) is 18.4 Å². The van der Waals surface area contributed by atoms with Gasteiger partial charge >= 0.3 is 6.01 Å². The van der Waals surface area contributed by atoms with Crippen LogP contribution in [0.2, 0.25) is 5.02 Å². The van der Waals surface area contributed by atoms with Gasteiger partial charge in [-0.3, -0.25) is 10.1 Å². The van der Waals surface area contributed by atoms with E-state index in [1.54, 1.807) is 0 Å². The third-order valence-electron chi connectivity index (χ3n) is 4.59. The minimum atomic E-state index is -3.70. The summed E-state index contributed by atoms with van der Waals surface area (Å²) >= 11 is 7.29. The number of sulfonamides is 1. The molecule has 1 unspecified atom stereocenters. The largest absolute Gasteiger partial charge is 0.402 e. The second-order valence-corrected chi connectivity index (χ2v) is 9.86. The van der Waals surface area contributed by atoms with Crippen LogP contribution in [-0.2, 0) is 14.8 Å². The number of hydrogen-bond acceptors (Lipinski definition) is 7. The van der Waals surface area contributed by atoms with Crippen LogP contribution in [0.4, 0.5) is 6.01 Å². The summed E-state index contributed by atoms with van der Waals surface area (Å²) in [4.78, 5) is 13.6. The Balaban J connectivity index is 1.44. The molecule has 0 saturated carbocycles. The molecule has 4 rings (SSSR count). The first-order chi connectivity index (χ1) is 13.9. The number of hydrogen-bond donors (Lipinski definition) is 1. The fourth-order valence-corrected chi connectivity index (χ4v) is 5.41. The van der Waals surface area contributed by atoms with Crippen LogP contribution in [0.3, 0.4) is 0 Å². The van der Waals surface area contributed by atoms with E-state index in [4.69, 9.17) is 16.0 Å². The summed E-state index contributed by atoms with van der Waals surface area (Å²) in [6.45, 7) is 0.445. The molecule has 0 spiro atoms. The summed E-state index contributed by atoms with van der Waals surface area (Å²) in [7, 11) is -3.70. The van der Waals surface area contributed by atoms with Gasteiger partial charge in [0.2, 0.25) is 15.9 Å². The maximum absolute atomic E-state index is 12.9. The Bertz CT molecular complexity index is 1100. The molecule has 2 aromatic heterocycles. The Hall–Kier alpha value is -2.27. The lowest BCUT2D eigenvalue weighted by molar-refractivity contribution is -0.121. The number of carbonyl (C=O) groups excluding carboxylic acids is 1. The second kappa shape index (κ2) is 8.23. The van der Waals surface area contributed by atoms with Crippen molar-refractivity contribution >= 4 is 44.9 Å². The second-order valence-electron chi connectivity index (χ2n) is 6.54. The van der Waals surface area contributed by atoms with Gasteiger partial charge in [0.05, 0.1) is 15.7 Å². The fraction of sp³-hybridized carbons (Fsp3) is 0.278. The van der Waals surface area contributed by atoms with Crippen LogP contribution < -0.4 is 5.32 Å². The van der Waals surface area contributed by atoms with Crippen molar-refractivity contribution in [1.29, 1.82) is 0 Å². The van der Waals surface area contributed by atoms with Crippen molar-refractivity contribution in [3.8, 4) is 10.8 Å². The highest BCUT2D eigenvalue weighted by Gasteiger charge is 2.33. The highest BCUT2D eigenvalue weighted by molar-refractivity contribution is 7.89. The number of aromatic nitrogens is 2. The molecule has 152 valence electrons. The summed E-state index contributed by atoms with van der Waals surface area (Å²) in [6.07, 6.45) is 1.15. The van der Waals surface area contributed by atoms with E-state index in [1.807, 2.05) is 17.5 Å². The van der Waals surface area contributed by atoms with Gasteiger partial charge in [-0.25, -0.2) is 8.42 Å². The minimum Gasteiger partial charge on any atom is -0.402 e. The lowest BCUT2D eigenvalue weighted by Crippen LogP contribution is -2.43. The summed E-state index contributed by atoms with van der Waals surface area (Å²) in [5, 5.41) is 12.7. The molecule has 0 bridgehead atoms. The first kappa shape index (κ1) is 20.0. The molecule has 1 saturated heterocycles. The van der Waals surface area contributed by atoms with E-state index in [1.165, 1.54) is 39.9 Å². The van der Waals surface area contributed by atoms with Gasteiger partial charge in [0.1, 0.15) is 0 Å². The number of nitrogens with one attached hydrogen (secondary N) is 1. The third kappa shape index (κ3) is 4.35. The molecule has 8 nitrogen and oxygen atoms in total. The van der Waals surface area contributed by atoms with Gasteiger partial charge in [-0.15, -0.1) is 16.4 Å². The lowest BCUT2D eigenvalue weighted by atomic mass is 9.99. The normalized spacial score (nSPS) is 17.9. The van der Waals surface area contributed by atoms with E-state index in [0.717, 1.165) is 4.88 Å². The highest BCUT2D eigenvalue weighted by Crippen LogP contribution is 2.27. The molecule has 1 aliphatic heterocycles. The zero-order valence-corrected chi connectivity index (χ0v) is 17.5. The van der Waals surface area contributed by atoms with Gasteiger partial charge in [-0.1, -0.05) is 22.8 Å². The molecule has 0 radical (unpaired) electrons. The first-order valence-electron chi connectivity index (χ1n) is 8.87. The monoisotopic (exact) mass is 452 g/mol. The summed E-state index contributed by atoms with van der Waals surface area (Å²) in [6, 6.07) is 9.69. The van der Waals surface area contributed by atoms with Crippen molar-refractivity contribution in [3.63, 3.8) is 0 Å². The van der Waals surface area contributed by atoms with Gasteiger partial charge < -0.3 is 4.42 Å². The van der Waals surface area contributed by atoms with Crippen LogP contribution in [0, 0.1) is 5.92 Å². The predicted molar refractivity (Wildman–Crippen MR) is 109 cm³/mol. The van der Waals surface area contributed by atoms with E-state index in [0.29, 0.717) is 30.3 Å². The summed E-state index contributed by atoms with van der Waals surface area (Å²) in [5.41, 5.74) is 0. The van der Waals surface area contributed by atoms with Crippen LogP contribution in [0.1, 0.15) is 12.8 Å². The number of rotatable bonds is 5. The van der Waals surface area contributed by atoms with Crippen molar-refractivity contribution in [1.82, 2.24) is 14.5 Å². The Morgan fingerprint density at radius 3 is 2.76 bits per heavy atom. The van der Waals surface area contributed by atoms with Crippen molar-refractivity contribution in [2.45, 2.75) is 17.7 Å². The molecule has 11 heteroatoms. The van der Waals surface area contributed by atoms with Crippen LogP contribution in [0.5, 0.6) is 0 Å². The lowest BCUT2D eigenvalue weighted by Gasteiger charge is -2.30. The van der Waals surface area contributed by atoms with Crippen molar-refractivity contribution in [3.05, 3.63) is 46.8 Å². The average Bonchev–Trinajstić information content (AvgIpc) is 3.40. The summed E-state index contributed by atoms with van der Waals surface area (Å²) in [5.74, 6) is -0.531. The maximum Gasteiger partial charge on any atom is 0.322 e. The molecule has 1 amide bonds. The van der Waals surface area contributed by atoms with Gasteiger partial charge in [0, 0.05) is 18.1 Å². The average molecular weight is 453 g/mol. The zero-order chi connectivity index (χ0) is 20.4. The molecule has 1 fully saturated rings. The number of amides is 1. The molecular formula is C18H17ClN4O4S2. The van der Waals surface area contributed by atoms with E-state index in [2.05, 4.69) is 15.5 Å². The predicted octanol–water partition coefficient (Wildman–Crippen LogP) is 3.49. The Morgan fingerprint density at radius 2 is 2.03 bits per heavy atom. The fourth-order valence-electron chi connectivity index (χ4n) is 3.11. The third-order valence-corrected chi connectivity index (χ3v) is 7.58. The van der Waals surface area contributed by atoms with E-state index >= 15 is 0 Å². The topological polar surface area (TPSA) is 105 Å². The molecule has 3 heterocycles. The summed E-state index contributed by atoms with van der Waals surface area (Å²) < 4.78 is 32.5. The SMILES string of the molecule is O=C(Nc1nnc(-c2cccs2)o1)C1CCCN(S(=O)(=O)c2ccc(Cl)cc2)C1. The molecule has 1 aromatic carbocycles. The quantitative estimate of drug-likeness (QED) is 0.635. The number of thiophene rings is 1. The molecule has 3 aromatic rings. The smallest absolute Gasteiger partial charge is 0.322 e. The molecule has 0 aliphatic carbocycles. The standard InChI is InChI=1S/C18H17ClN4O4S2/c19-13-5-7-14(8-6-13)29(25,26)23-9-1-3-12(11-23)16(24)20-18-22-21-17(27-18)15-4-2-10-28-15/h2,4-8,10,12H,1,3,9,11H2,(H,20,22,24). The number of nitrogens with zero attached hydrogens (tertiary/aromatic N) is 3. The zero-order valence-electron chi connectivity index (χ0n) is 15.1. The van der Waals surface area contributed by atoms with Crippen LogP contribution in [0.15, 0.2) is 51.1 Å². The Morgan fingerprint density at radius 1 is 1.24 bits per heavy atom. The highest BCUT2D eigenvalue weighted by atomic mass is 35.5. The van der Waals surface area contributed by atoms with Gasteiger partial charge in [-0.05, 0) is 48.6 Å². The molecule has 1 aliphatic rings.